The summed E-state index contributed by atoms with van der Waals surface area (Å²) in [5.74, 6) is 0.383. The first-order chi connectivity index (χ1) is 17.5. The zero-order valence-corrected chi connectivity index (χ0v) is 23.3. The highest BCUT2D eigenvalue weighted by Gasteiger charge is 2.36. The monoisotopic (exact) mass is 524 g/mol. The fourth-order valence-corrected chi connectivity index (χ4v) is 4.44. The lowest BCUT2D eigenvalue weighted by Gasteiger charge is -2.36. The number of fused-ring (bicyclic) bond motifs is 1. The molecule has 0 amide bonds. The number of methoxy groups -OCH3 is 2. The van der Waals surface area contributed by atoms with Crippen LogP contribution in [0.15, 0.2) is 42.9 Å². The van der Waals surface area contributed by atoms with Crippen molar-refractivity contribution in [2.45, 2.75) is 45.4 Å². The van der Waals surface area contributed by atoms with Crippen LogP contribution in [-0.2, 0) is 11.0 Å². The summed E-state index contributed by atoms with van der Waals surface area (Å²) in [4.78, 5) is 13.7. The molecule has 0 atom stereocenters. The van der Waals surface area contributed by atoms with Crippen molar-refractivity contribution in [2.75, 3.05) is 26.1 Å². The Morgan fingerprint density at radius 2 is 1.84 bits per heavy atom. The number of hydrogen-bond acceptors (Lipinski definition) is 8. The summed E-state index contributed by atoms with van der Waals surface area (Å²) in [6.45, 7) is 12.4. The number of rotatable bonds is 9. The van der Waals surface area contributed by atoms with E-state index in [-0.39, 0.29) is 16.5 Å². The van der Waals surface area contributed by atoms with Crippen LogP contribution in [0.3, 0.4) is 0 Å². The molecule has 0 saturated heterocycles. The normalized spacial score (nSPS) is 12.1. The molecule has 0 saturated carbocycles. The van der Waals surface area contributed by atoms with E-state index in [2.05, 4.69) is 59.2 Å². The summed E-state index contributed by atoms with van der Waals surface area (Å²) < 4.78 is 33.2. The van der Waals surface area contributed by atoms with Crippen LogP contribution in [0, 0.1) is 5.82 Å². The van der Waals surface area contributed by atoms with Gasteiger partial charge < -0.3 is 19.2 Å². The summed E-state index contributed by atoms with van der Waals surface area (Å²) in [5.41, 5.74) is 2.68. The number of aromatic nitrogens is 5. The Kier molecular flexibility index (Phi) is 7.46. The highest BCUT2D eigenvalue weighted by molar-refractivity contribution is 6.74. The van der Waals surface area contributed by atoms with Crippen LogP contribution >= 0.6 is 0 Å². The topological polar surface area (TPSA) is 96.2 Å². The van der Waals surface area contributed by atoms with Gasteiger partial charge in [-0.1, -0.05) is 20.8 Å². The first-order valence-corrected chi connectivity index (χ1v) is 14.9. The third-order valence-corrected chi connectivity index (χ3v) is 11.2. The number of ether oxygens (including phenoxy) is 2. The van der Waals surface area contributed by atoms with Crippen LogP contribution in [-0.4, -0.2) is 53.9 Å². The zero-order valence-electron chi connectivity index (χ0n) is 22.3. The van der Waals surface area contributed by atoms with Crippen molar-refractivity contribution in [3.8, 4) is 22.8 Å². The number of nitrogens with zero attached hydrogens (tertiary/aromatic N) is 5. The van der Waals surface area contributed by atoms with Gasteiger partial charge >= 0.3 is 0 Å². The van der Waals surface area contributed by atoms with Crippen molar-refractivity contribution in [3.05, 3.63) is 48.7 Å². The van der Waals surface area contributed by atoms with Crippen molar-refractivity contribution >= 4 is 31.0 Å². The van der Waals surface area contributed by atoms with E-state index in [1.54, 1.807) is 24.5 Å². The average molecular weight is 525 g/mol. The molecule has 3 heterocycles. The summed E-state index contributed by atoms with van der Waals surface area (Å²) in [7, 11) is 1.10. The molecule has 37 heavy (non-hydrogen) atoms. The Morgan fingerprint density at radius 3 is 2.54 bits per heavy atom. The van der Waals surface area contributed by atoms with Gasteiger partial charge in [-0.15, -0.1) is 0 Å². The second kappa shape index (κ2) is 10.4. The molecule has 1 N–H and O–H groups in total. The number of anilines is 2. The molecule has 4 aromatic rings. The molecule has 3 aromatic heterocycles. The molecule has 0 bridgehead atoms. The molecule has 4 rings (SSSR count). The lowest BCUT2D eigenvalue weighted by molar-refractivity contribution is 0.266. The molecule has 196 valence electrons. The minimum atomic E-state index is -1.81. The van der Waals surface area contributed by atoms with Gasteiger partial charge in [-0.05, 0) is 30.3 Å². The van der Waals surface area contributed by atoms with Crippen LogP contribution in [0.5, 0.6) is 11.5 Å². The Balaban J connectivity index is 1.52. The highest BCUT2D eigenvalue weighted by Crippen LogP contribution is 2.36. The molecule has 0 spiro atoms. The lowest BCUT2D eigenvalue weighted by Crippen LogP contribution is -2.41. The van der Waals surface area contributed by atoms with Gasteiger partial charge in [0, 0.05) is 23.9 Å². The smallest absolute Gasteiger partial charge is 0.192 e. The highest BCUT2D eigenvalue weighted by atomic mass is 28.4. The maximum Gasteiger partial charge on any atom is 0.192 e. The third kappa shape index (κ3) is 5.88. The maximum absolute atomic E-state index is 14.8. The van der Waals surface area contributed by atoms with Gasteiger partial charge in [0.15, 0.2) is 25.5 Å². The number of hydrogen-bond donors (Lipinski definition) is 1. The molecular formula is C26H33FN6O3Si. The van der Waals surface area contributed by atoms with Crippen LogP contribution in [0.2, 0.25) is 18.1 Å². The van der Waals surface area contributed by atoms with Gasteiger partial charge in [0.05, 0.1) is 51.1 Å². The predicted molar refractivity (Wildman–Crippen MR) is 144 cm³/mol. The Hall–Kier alpha value is -3.57. The minimum Gasteiger partial charge on any atom is -0.497 e. The van der Waals surface area contributed by atoms with Crippen molar-refractivity contribution < 1.29 is 18.3 Å². The van der Waals surface area contributed by atoms with E-state index >= 15 is 0 Å². The summed E-state index contributed by atoms with van der Waals surface area (Å²) in [6, 6.07) is 6.50. The number of benzene rings is 1. The van der Waals surface area contributed by atoms with E-state index in [0.717, 1.165) is 5.56 Å². The SMILES string of the molecule is COc1cc(Nc2ccc3ncc(-c4cnn(CCO[Si](C)(C)C(C)(C)C)c4)nc3n2)c(F)c(OC)c1. The molecule has 0 aliphatic carbocycles. The minimum absolute atomic E-state index is 0.0662. The van der Waals surface area contributed by atoms with E-state index in [1.807, 2.05) is 10.9 Å². The molecule has 0 aliphatic heterocycles. The molecule has 9 nitrogen and oxygen atoms in total. The maximum atomic E-state index is 14.8. The Bertz CT molecular complexity index is 1400. The van der Waals surface area contributed by atoms with E-state index in [1.165, 1.54) is 26.4 Å². The van der Waals surface area contributed by atoms with Gasteiger partial charge in [0.1, 0.15) is 17.1 Å². The molecule has 11 heteroatoms. The zero-order chi connectivity index (χ0) is 26.8. The molecule has 0 unspecified atom stereocenters. The standard InChI is InChI=1S/C26H33FN6O3Si/c1-26(2,3)37(6,7)36-11-10-33-16-17(14-29-33)21-15-28-19-8-9-23(32-25(19)31-21)30-20-12-18(34-4)13-22(35-5)24(20)27/h8-9,12-16H,10-11H2,1-7H3,(H,30,31,32). The Morgan fingerprint density at radius 1 is 1.05 bits per heavy atom. The molecule has 1 aromatic carbocycles. The molecule has 0 aliphatic rings. The quantitative estimate of drug-likeness (QED) is 0.274. The van der Waals surface area contributed by atoms with Gasteiger partial charge in [-0.3, -0.25) is 9.67 Å². The van der Waals surface area contributed by atoms with E-state index in [0.29, 0.717) is 41.6 Å². The summed E-state index contributed by atoms with van der Waals surface area (Å²) >= 11 is 0. The number of halogens is 1. The summed E-state index contributed by atoms with van der Waals surface area (Å²) in [6.07, 6.45) is 5.37. The lowest BCUT2D eigenvalue weighted by atomic mass is 10.2. The van der Waals surface area contributed by atoms with Crippen molar-refractivity contribution in [1.82, 2.24) is 24.7 Å². The fourth-order valence-electron chi connectivity index (χ4n) is 3.40. The fraction of sp³-hybridized carbons (Fsp3) is 0.385. The average Bonchev–Trinajstić information content (AvgIpc) is 3.33. The van der Waals surface area contributed by atoms with Crippen LogP contribution < -0.4 is 14.8 Å². The van der Waals surface area contributed by atoms with E-state index in [4.69, 9.17) is 13.9 Å². The van der Waals surface area contributed by atoms with Gasteiger partial charge in [0.2, 0.25) is 0 Å². The van der Waals surface area contributed by atoms with Crippen molar-refractivity contribution in [1.29, 1.82) is 0 Å². The second-order valence-electron chi connectivity index (χ2n) is 10.2. The third-order valence-electron chi connectivity index (χ3n) is 6.66. The van der Waals surface area contributed by atoms with Crippen LogP contribution in [0.4, 0.5) is 15.9 Å². The molecule has 0 fully saturated rings. The molecule has 0 radical (unpaired) electrons. The van der Waals surface area contributed by atoms with Gasteiger partial charge in [0.25, 0.3) is 0 Å². The van der Waals surface area contributed by atoms with Crippen LogP contribution in [0.1, 0.15) is 20.8 Å². The summed E-state index contributed by atoms with van der Waals surface area (Å²) in [5, 5.41) is 7.60. The van der Waals surface area contributed by atoms with Gasteiger partial charge in [-0.25, -0.2) is 14.4 Å². The Labute approximate surface area is 217 Å². The van der Waals surface area contributed by atoms with Crippen molar-refractivity contribution in [2.24, 2.45) is 0 Å². The van der Waals surface area contributed by atoms with Crippen LogP contribution in [0.25, 0.3) is 22.4 Å². The number of nitrogens with one attached hydrogen (secondary N) is 1. The largest absolute Gasteiger partial charge is 0.497 e. The molecular weight excluding hydrogens is 491 g/mol. The first-order valence-electron chi connectivity index (χ1n) is 12.0. The van der Waals surface area contributed by atoms with Crippen molar-refractivity contribution in [3.63, 3.8) is 0 Å². The van der Waals surface area contributed by atoms with E-state index in [9.17, 15) is 4.39 Å². The predicted octanol–water partition coefficient (Wildman–Crippen LogP) is 5.81. The first kappa shape index (κ1) is 26.5. The van der Waals surface area contributed by atoms with E-state index < -0.39 is 14.1 Å². The number of pyridine rings is 1. The van der Waals surface area contributed by atoms with Gasteiger partial charge in [-0.2, -0.15) is 5.10 Å². The second-order valence-corrected chi connectivity index (χ2v) is 15.0.